The topological polar surface area (TPSA) is 48.5 Å². The molecule has 0 radical (unpaired) electrons. The Morgan fingerprint density at radius 3 is 2.65 bits per heavy atom. The van der Waals surface area contributed by atoms with E-state index in [0.29, 0.717) is 6.54 Å². The zero-order valence-electron chi connectivity index (χ0n) is 15.3. The van der Waals surface area contributed by atoms with Gasteiger partial charge in [0.1, 0.15) is 5.82 Å². The van der Waals surface area contributed by atoms with Crippen LogP contribution in [0.3, 0.4) is 0 Å². The van der Waals surface area contributed by atoms with Gasteiger partial charge in [-0.2, -0.15) is 0 Å². The number of benzene rings is 1. The maximum Gasteiger partial charge on any atom is 0.317 e. The number of anilines is 1. The fourth-order valence-corrected chi connectivity index (χ4v) is 3.29. The van der Waals surface area contributed by atoms with Crippen molar-refractivity contribution >= 4 is 11.7 Å². The maximum atomic E-state index is 13.0. The maximum absolute atomic E-state index is 13.0. The van der Waals surface area contributed by atoms with E-state index >= 15 is 0 Å². The lowest BCUT2D eigenvalue weighted by Gasteiger charge is -2.26. The molecule has 0 bridgehead atoms. The van der Waals surface area contributed by atoms with Gasteiger partial charge < -0.3 is 15.1 Å². The third-order valence-corrected chi connectivity index (χ3v) is 4.82. The number of pyridine rings is 1. The molecule has 1 aliphatic rings. The molecule has 1 aliphatic heterocycles. The van der Waals surface area contributed by atoms with Crippen LogP contribution in [0.4, 0.5) is 14.9 Å². The van der Waals surface area contributed by atoms with Crippen molar-refractivity contribution in [1.29, 1.82) is 0 Å². The summed E-state index contributed by atoms with van der Waals surface area (Å²) in [5, 5.41) is 3.02. The molecule has 6 heteroatoms. The standard InChI is InChI=1S/C20H25FN4O/c1-15-14-22-9-8-19(15)24-10-3-11-25(13-12-24)20(26)23-16(2)17-4-6-18(21)7-5-17/h4-9,14,16H,3,10-13H2,1-2H3,(H,23,26)/t16-/m0/s1. The number of urea groups is 1. The number of amides is 2. The number of halogens is 1. The van der Waals surface area contributed by atoms with Crippen molar-refractivity contribution in [3.8, 4) is 0 Å². The van der Waals surface area contributed by atoms with E-state index in [1.165, 1.54) is 17.8 Å². The Labute approximate surface area is 153 Å². The lowest BCUT2D eigenvalue weighted by Crippen LogP contribution is -2.43. The summed E-state index contributed by atoms with van der Waals surface area (Å²) in [6.07, 6.45) is 4.59. The molecule has 2 aromatic rings. The quantitative estimate of drug-likeness (QED) is 0.915. The molecule has 138 valence electrons. The van der Waals surface area contributed by atoms with E-state index in [0.717, 1.165) is 37.2 Å². The lowest BCUT2D eigenvalue weighted by molar-refractivity contribution is 0.198. The van der Waals surface area contributed by atoms with Gasteiger partial charge >= 0.3 is 6.03 Å². The number of nitrogens with zero attached hydrogens (tertiary/aromatic N) is 3. The van der Waals surface area contributed by atoms with Crippen LogP contribution in [0.15, 0.2) is 42.7 Å². The SMILES string of the molecule is Cc1cnccc1N1CCCN(C(=O)N[C@@H](C)c2ccc(F)cc2)CC1. The highest BCUT2D eigenvalue weighted by Gasteiger charge is 2.21. The Bertz CT molecular complexity index is 750. The van der Waals surface area contributed by atoms with Crippen molar-refractivity contribution in [2.75, 3.05) is 31.1 Å². The summed E-state index contributed by atoms with van der Waals surface area (Å²) in [5.74, 6) is -0.272. The second kappa shape index (κ2) is 8.17. The van der Waals surface area contributed by atoms with Crippen LogP contribution in [0.25, 0.3) is 0 Å². The van der Waals surface area contributed by atoms with E-state index in [9.17, 15) is 9.18 Å². The third kappa shape index (κ3) is 4.31. The van der Waals surface area contributed by atoms with Gasteiger partial charge in [0.2, 0.25) is 0 Å². The first-order valence-electron chi connectivity index (χ1n) is 9.01. The van der Waals surface area contributed by atoms with Gasteiger partial charge in [-0.15, -0.1) is 0 Å². The first-order chi connectivity index (χ1) is 12.5. The minimum absolute atomic E-state index is 0.0740. The molecule has 1 aromatic heterocycles. The van der Waals surface area contributed by atoms with Crippen LogP contribution in [0.5, 0.6) is 0 Å². The number of carbonyl (C=O) groups is 1. The molecule has 1 N–H and O–H groups in total. The van der Waals surface area contributed by atoms with Crippen molar-refractivity contribution in [2.45, 2.75) is 26.3 Å². The Morgan fingerprint density at radius 2 is 1.92 bits per heavy atom. The highest BCUT2D eigenvalue weighted by Crippen LogP contribution is 2.20. The van der Waals surface area contributed by atoms with Gasteiger partial charge in [0.25, 0.3) is 0 Å². The molecule has 2 heterocycles. The summed E-state index contributed by atoms with van der Waals surface area (Å²) in [7, 11) is 0. The number of carbonyl (C=O) groups excluding carboxylic acids is 1. The Hall–Kier alpha value is -2.63. The minimum atomic E-state index is -0.272. The summed E-state index contributed by atoms with van der Waals surface area (Å²) in [6.45, 7) is 7.08. The highest BCUT2D eigenvalue weighted by molar-refractivity contribution is 5.75. The molecule has 5 nitrogen and oxygen atoms in total. The number of rotatable bonds is 3. The molecule has 1 saturated heterocycles. The van der Waals surface area contributed by atoms with Crippen LogP contribution in [-0.2, 0) is 0 Å². The second-order valence-corrected chi connectivity index (χ2v) is 6.71. The van der Waals surface area contributed by atoms with Gasteiger partial charge in [-0.1, -0.05) is 12.1 Å². The largest absolute Gasteiger partial charge is 0.369 e. The molecule has 0 saturated carbocycles. The van der Waals surface area contributed by atoms with E-state index in [4.69, 9.17) is 0 Å². The van der Waals surface area contributed by atoms with E-state index in [2.05, 4.69) is 22.1 Å². The summed E-state index contributed by atoms with van der Waals surface area (Å²) in [5.41, 5.74) is 3.22. The van der Waals surface area contributed by atoms with Crippen LogP contribution in [0.2, 0.25) is 0 Å². The van der Waals surface area contributed by atoms with E-state index < -0.39 is 0 Å². The molecular formula is C20H25FN4O. The first-order valence-corrected chi connectivity index (χ1v) is 9.01. The normalized spacial score (nSPS) is 16.1. The zero-order valence-corrected chi connectivity index (χ0v) is 15.3. The number of aryl methyl sites for hydroxylation is 1. The van der Waals surface area contributed by atoms with Gasteiger partial charge in [-0.05, 0) is 49.6 Å². The molecule has 26 heavy (non-hydrogen) atoms. The summed E-state index contributed by atoms with van der Waals surface area (Å²) in [6, 6.07) is 8.03. The monoisotopic (exact) mass is 356 g/mol. The summed E-state index contributed by atoms with van der Waals surface area (Å²) < 4.78 is 13.0. The van der Waals surface area contributed by atoms with Gasteiger partial charge in [0, 0.05) is 44.3 Å². The first kappa shape index (κ1) is 18.2. The summed E-state index contributed by atoms with van der Waals surface area (Å²) >= 11 is 0. The summed E-state index contributed by atoms with van der Waals surface area (Å²) in [4.78, 5) is 20.9. The van der Waals surface area contributed by atoms with Gasteiger partial charge in [-0.25, -0.2) is 9.18 Å². The van der Waals surface area contributed by atoms with Gasteiger partial charge in [0.15, 0.2) is 0 Å². The Balaban J connectivity index is 1.59. The van der Waals surface area contributed by atoms with Crippen LogP contribution in [0.1, 0.15) is 30.5 Å². The molecule has 3 rings (SSSR count). The van der Waals surface area contributed by atoms with Crippen molar-refractivity contribution in [3.63, 3.8) is 0 Å². The average Bonchev–Trinajstić information content (AvgIpc) is 2.89. The van der Waals surface area contributed by atoms with Crippen LogP contribution in [0, 0.1) is 12.7 Å². The highest BCUT2D eigenvalue weighted by atomic mass is 19.1. The predicted octanol–water partition coefficient (Wildman–Crippen LogP) is 3.51. The van der Waals surface area contributed by atoms with Crippen molar-refractivity contribution < 1.29 is 9.18 Å². The Kier molecular flexibility index (Phi) is 5.71. The van der Waals surface area contributed by atoms with Gasteiger partial charge in [0.05, 0.1) is 6.04 Å². The molecule has 1 atom stereocenters. The molecular weight excluding hydrogens is 331 g/mol. The average molecular weight is 356 g/mol. The van der Waals surface area contributed by atoms with Crippen molar-refractivity contribution in [2.24, 2.45) is 0 Å². The van der Waals surface area contributed by atoms with E-state index in [-0.39, 0.29) is 17.9 Å². The van der Waals surface area contributed by atoms with Gasteiger partial charge in [-0.3, -0.25) is 4.98 Å². The molecule has 1 aromatic carbocycles. The van der Waals surface area contributed by atoms with Crippen LogP contribution >= 0.6 is 0 Å². The number of nitrogens with one attached hydrogen (secondary N) is 1. The number of hydrogen-bond acceptors (Lipinski definition) is 3. The predicted molar refractivity (Wildman–Crippen MR) is 101 cm³/mol. The lowest BCUT2D eigenvalue weighted by atomic mass is 10.1. The van der Waals surface area contributed by atoms with E-state index in [1.54, 1.807) is 12.1 Å². The van der Waals surface area contributed by atoms with Crippen molar-refractivity contribution in [3.05, 3.63) is 59.7 Å². The number of hydrogen-bond donors (Lipinski definition) is 1. The third-order valence-electron chi connectivity index (χ3n) is 4.82. The fraction of sp³-hybridized carbons (Fsp3) is 0.400. The number of aromatic nitrogens is 1. The molecule has 0 spiro atoms. The smallest absolute Gasteiger partial charge is 0.317 e. The molecule has 0 aliphatic carbocycles. The second-order valence-electron chi connectivity index (χ2n) is 6.71. The molecule has 0 unspecified atom stereocenters. The molecule has 2 amide bonds. The van der Waals surface area contributed by atoms with E-state index in [1.807, 2.05) is 30.3 Å². The minimum Gasteiger partial charge on any atom is -0.369 e. The Morgan fingerprint density at radius 1 is 1.15 bits per heavy atom. The molecule has 1 fully saturated rings. The zero-order chi connectivity index (χ0) is 18.5. The van der Waals surface area contributed by atoms with Crippen LogP contribution in [-0.4, -0.2) is 42.1 Å². The van der Waals surface area contributed by atoms with Crippen molar-refractivity contribution in [1.82, 2.24) is 15.2 Å². The fourth-order valence-electron chi connectivity index (χ4n) is 3.29. The van der Waals surface area contributed by atoms with Crippen LogP contribution < -0.4 is 10.2 Å².